The van der Waals surface area contributed by atoms with Gasteiger partial charge in [0, 0.05) is 6.54 Å². The molecule has 20 heavy (non-hydrogen) atoms. The van der Waals surface area contributed by atoms with Crippen molar-refractivity contribution < 1.29 is 14.6 Å². The Hall–Kier alpha value is -2.41. The SMILES string of the molecule is COc1nc(NCC(O)c2ccccc2)nc(OC)n1. The molecule has 0 radical (unpaired) electrons. The zero-order chi connectivity index (χ0) is 14.4. The molecule has 2 aromatic rings. The lowest BCUT2D eigenvalue weighted by Crippen LogP contribution is -2.14. The van der Waals surface area contributed by atoms with Crippen LogP contribution < -0.4 is 14.8 Å². The van der Waals surface area contributed by atoms with Crippen LogP contribution in [0.2, 0.25) is 0 Å². The molecule has 0 aliphatic heterocycles. The van der Waals surface area contributed by atoms with Crippen molar-refractivity contribution in [2.75, 3.05) is 26.1 Å². The smallest absolute Gasteiger partial charge is 0.324 e. The molecule has 2 rings (SSSR count). The van der Waals surface area contributed by atoms with Crippen LogP contribution in [0, 0.1) is 0 Å². The number of hydrogen-bond donors (Lipinski definition) is 2. The molecule has 1 aromatic heterocycles. The summed E-state index contributed by atoms with van der Waals surface area (Å²) in [5.74, 6) is 0.281. The first kappa shape index (κ1) is 14.0. The number of hydrogen-bond acceptors (Lipinski definition) is 7. The van der Waals surface area contributed by atoms with Gasteiger partial charge in [-0.15, -0.1) is 4.98 Å². The second-order valence-corrected chi connectivity index (χ2v) is 3.94. The van der Waals surface area contributed by atoms with Gasteiger partial charge < -0.3 is 19.9 Å². The van der Waals surface area contributed by atoms with Crippen LogP contribution in [0.15, 0.2) is 30.3 Å². The molecule has 1 aromatic carbocycles. The van der Waals surface area contributed by atoms with Crippen molar-refractivity contribution in [2.24, 2.45) is 0 Å². The zero-order valence-electron chi connectivity index (χ0n) is 11.3. The third-order valence-electron chi connectivity index (χ3n) is 2.60. The molecular weight excluding hydrogens is 260 g/mol. The van der Waals surface area contributed by atoms with E-state index in [0.29, 0.717) is 0 Å². The summed E-state index contributed by atoms with van der Waals surface area (Å²) in [7, 11) is 2.91. The minimum absolute atomic E-state index is 0.147. The van der Waals surface area contributed by atoms with Crippen molar-refractivity contribution in [1.29, 1.82) is 0 Å². The van der Waals surface area contributed by atoms with Crippen molar-refractivity contribution in [3.63, 3.8) is 0 Å². The first-order valence-corrected chi connectivity index (χ1v) is 6.04. The maximum absolute atomic E-state index is 10.0. The standard InChI is InChI=1S/C13H16N4O3/c1-19-12-15-11(16-13(17-12)20-2)14-8-10(18)9-6-4-3-5-7-9/h3-7,10,18H,8H2,1-2H3,(H,14,15,16,17). The fourth-order valence-corrected chi connectivity index (χ4v) is 1.58. The zero-order valence-corrected chi connectivity index (χ0v) is 11.3. The Morgan fingerprint density at radius 2 is 1.65 bits per heavy atom. The fourth-order valence-electron chi connectivity index (χ4n) is 1.58. The number of aliphatic hydroxyl groups is 1. The highest BCUT2D eigenvalue weighted by Crippen LogP contribution is 2.15. The molecule has 1 atom stereocenters. The summed E-state index contributed by atoms with van der Waals surface area (Å²) in [5.41, 5.74) is 0.813. The van der Waals surface area contributed by atoms with Crippen LogP contribution in [0.3, 0.4) is 0 Å². The Morgan fingerprint density at radius 1 is 1.05 bits per heavy atom. The van der Waals surface area contributed by atoms with Gasteiger partial charge in [-0.05, 0) is 5.56 Å². The van der Waals surface area contributed by atoms with Gasteiger partial charge in [-0.2, -0.15) is 9.97 Å². The van der Waals surface area contributed by atoms with Gasteiger partial charge >= 0.3 is 12.0 Å². The topological polar surface area (TPSA) is 89.4 Å². The van der Waals surface area contributed by atoms with E-state index >= 15 is 0 Å². The first-order valence-electron chi connectivity index (χ1n) is 6.04. The monoisotopic (exact) mass is 276 g/mol. The van der Waals surface area contributed by atoms with Crippen molar-refractivity contribution >= 4 is 5.95 Å². The van der Waals surface area contributed by atoms with E-state index in [1.165, 1.54) is 14.2 Å². The summed E-state index contributed by atoms with van der Waals surface area (Å²) in [6.07, 6.45) is -0.662. The Morgan fingerprint density at radius 3 is 2.20 bits per heavy atom. The molecule has 0 amide bonds. The summed E-state index contributed by atoms with van der Waals surface area (Å²) in [4.78, 5) is 11.9. The molecule has 7 heteroatoms. The highest BCUT2D eigenvalue weighted by Gasteiger charge is 2.10. The minimum atomic E-state index is -0.662. The number of aromatic nitrogens is 3. The van der Waals surface area contributed by atoms with Crippen LogP contribution in [0.1, 0.15) is 11.7 Å². The Labute approximate surface area is 116 Å². The van der Waals surface area contributed by atoms with Gasteiger partial charge in [0.2, 0.25) is 5.95 Å². The predicted molar refractivity (Wildman–Crippen MR) is 72.8 cm³/mol. The summed E-state index contributed by atoms with van der Waals surface area (Å²) < 4.78 is 9.89. The molecule has 0 saturated carbocycles. The number of nitrogens with one attached hydrogen (secondary N) is 1. The van der Waals surface area contributed by atoms with Gasteiger partial charge in [0.1, 0.15) is 0 Å². The van der Waals surface area contributed by atoms with E-state index < -0.39 is 6.10 Å². The van der Waals surface area contributed by atoms with Crippen LogP contribution in [0.4, 0.5) is 5.95 Å². The molecule has 0 aliphatic carbocycles. The number of anilines is 1. The number of aliphatic hydroxyl groups excluding tert-OH is 1. The molecule has 0 bridgehead atoms. The number of ether oxygens (including phenoxy) is 2. The quantitative estimate of drug-likeness (QED) is 0.814. The van der Waals surface area contributed by atoms with Crippen LogP contribution in [0.5, 0.6) is 12.0 Å². The lowest BCUT2D eigenvalue weighted by molar-refractivity contribution is 0.191. The Kier molecular flexibility index (Phi) is 4.67. The largest absolute Gasteiger partial charge is 0.467 e. The number of nitrogens with zero attached hydrogens (tertiary/aromatic N) is 3. The number of methoxy groups -OCH3 is 2. The number of benzene rings is 1. The second kappa shape index (κ2) is 6.67. The molecule has 0 fully saturated rings. The van der Waals surface area contributed by atoms with E-state index in [0.717, 1.165) is 5.56 Å². The van der Waals surface area contributed by atoms with E-state index in [-0.39, 0.29) is 24.5 Å². The van der Waals surface area contributed by atoms with Crippen LogP contribution >= 0.6 is 0 Å². The average Bonchev–Trinajstić information content (AvgIpc) is 2.53. The molecule has 1 heterocycles. The summed E-state index contributed by atoms with van der Waals surface area (Å²) in [6.45, 7) is 0.264. The van der Waals surface area contributed by atoms with Crippen molar-refractivity contribution in [1.82, 2.24) is 15.0 Å². The van der Waals surface area contributed by atoms with E-state index in [9.17, 15) is 5.11 Å². The molecule has 0 spiro atoms. The molecular formula is C13H16N4O3. The second-order valence-electron chi connectivity index (χ2n) is 3.94. The highest BCUT2D eigenvalue weighted by molar-refractivity contribution is 5.29. The van der Waals surface area contributed by atoms with Gasteiger partial charge in [0.15, 0.2) is 0 Å². The van der Waals surface area contributed by atoms with Gasteiger partial charge in [-0.3, -0.25) is 0 Å². The van der Waals surface area contributed by atoms with E-state index in [1.54, 1.807) is 0 Å². The fraction of sp³-hybridized carbons (Fsp3) is 0.308. The van der Waals surface area contributed by atoms with Crippen molar-refractivity contribution in [2.45, 2.75) is 6.10 Å². The summed E-state index contributed by atoms with van der Waals surface area (Å²) >= 11 is 0. The average molecular weight is 276 g/mol. The first-order chi connectivity index (χ1) is 9.72. The van der Waals surface area contributed by atoms with E-state index in [4.69, 9.17) is 9.47 Å². The Balaban J connectivity index is 2.03. The lowest BCUT2D eigenvalue weighted by Gasteiger charge is -2.12. The normalized spacial score (nSPS) is 11.8. The van der Waals surface area contributed by atoms with Crippen LogP contribution in [-0.2, 0) is 0 Å². The van der Waals surface area contributed by atoms with Gasteiger partial charge in [-0.25, -0.2) is 0 Å². The predicted octanol–water partition coefficient (Wildman–Crippen LogP) is 1.03. The molecule has 0 saturated heterocycles. The summed E-state index contributed by atoms with van der Waals surface area (Å²) in [5, 5.41) is 13.0. The lowest BCUT2D eigenvalue weighted by atomic mass is 10.1. The minimum Gasteiger partial charge on any atom is -0.467 e. The van der Waals surface area contributed by atoms with E-state index in [1.807, 2.05) is 30.3 Å². The van der Waals surface area contributed by atoms with E-state index in [2.05, 4.69) is 20.3 Å². The highest BCUT2D eigenvalue weighted by atomic mass is 16.5. The van der Waals surface area contributed by atoms with Crippen molar-refractivity contribution in [3.05, 3.63) is 35.9 Å². The molecule has 0 aliphatic rings. The van der Waals surface area contributed by atoms with Gasteiger partial charge in [0.25, 0.3) is 0 Å². The maximum atomic E-state index is 10.0. The van der Waals surface area contributed by atoms with Gasteiger partial charge in [-0.1, -0.05) is 30.3 Å². The summed E-state index contributed by atoms with van der Waals surface area (Å²) in [6, 6.07) is 9.62. The maximum Gasteiger partial charge on any atom is 0.324 e. The van der Waals surface area contributed by atoms with Crippen molar-refractivity contribution in [3.8, 4) is 12.0 Å². The molecule has 1 unspecified atom stereocenters. The molecule has 106 valence electrons. The molecule has 7 nitrogen and oxygen atoms in total. The van der Waals surface area contributed by atoms with Gasteiger partial charge in [0.05, 0.1) is 20.3 Å². The van der Waals surface area contributed by atoms with Crippen LogP contribution in [-0.4, -0.2) is 40.8 Å². The third-order valence-corrected chi connectivity index (χ3v) is 2.60. The Bertz CT molecular complexity index is 528. The number of rotatable bonds is 6. The third kappa shape index (κ3) is 3.55. The van der Waals surface area contributed by atoms with Crippen LogP contribution in [0.25, 0.3) is 0 Å². The molecule has 2 N–H and O–H groups in total.